The van der Waals surface area contributed by atoms with Gasteiger partial charge >= 0.3 is 0 Å². The molecule has 0 aromatic heterocycles. The van der Waals surface area contributed by atoms with Gasteiger partial charge in [-0.15, -0.1) is 11.8 Å². The van der Waals surface area contributed by atoms with Crippen molar-refractivity contribution < 1.29 is 9.59 Å². The molecule has 4 bridgehead atoms. The smallest absolute Gasteiger partial charge is 0.251 e. The number of ketones is 1. The third-order valence-corrected chi connectivity index (χ3v) is 7.97. The standard InChI is InChI=1S/C25H27NO2S/c27-23(20-5-2-1-3-6-20)16-29-22-8-4-7-21(12-22)24(28)26-25-13-17-9-18(14-25)11-19(10-17)15-25/h1-8,12,17-19H,9-11,13-16H2,(H,26,28). The molecule has 4 saturated carbocycles. The fourth-order valence-electron chi connectivity index (χ4n) is 6.16. The first-order valence-corrected chi connectivity index (χ1v) is 11.7. The van der Waals surface area contributed by atoms with Gasteiger partial charge in [-0.1, -0.05) is 36.4 Å². The Kier molecular flexibility index (Phi) is 4.99. The Hall–Kier alpha value is -2.07. The van der Waals surface area contributed by atoms with Crippen LogP contribution in [0.5, 0.6) is 0 Å². The van der Waals surface area contributed by atoms with Crippen LogP contribution in [0.3, 0.4) is 0 Å². The number of Topliss-reactive ketones (excluding diaryl/α,β-unsaturated/α-hetero) is 1. The quantitative estimate of drug-likeness (QED) is 0.520. The van der Waals surface area contributed by atoms with Crippen molar-refractivity contribution >= 4 is 23.5 Å². The Balaban J connectivity index is 1.24. The van der Waals surface area contributed by atoms with E-state index in [0.717, 1.165) is 47.5 Å². The number of amides is 1. The SMILES string of the molecule is O=C(CSc1cccc(C(=O)NC23CC4CC(CC(C4)C2)C3)c1)c1ccccc1. The van der Waals surface area contributed by atoms with Crippen LogP contribution >= 0.6 is 11.8 Å². The van der Waals surface area contributed by atoms with E-state index in [2.05, 4.69) is 5.32 Å². The van der Waals surface area contributed by atoms with Crippen LogP contribution in [0.25, 0.3) is 0 Å². The lowest BCUT2D eigenvalue weighted by molar-refractivity contribution is -0.0167. The number of hydrogen-bond acceptors (Lipinski definition) is 3. The van der Waals surface area contributed by atoms with E-state index < -0.39 is 0 Å². The van der Waals surface area contributed by atoms with Crippen molar-refractivity contribution in [2.45, 2.75) is 49.0 Å². The molecular formula is C25H27NO2S. The van der Waals surface area contributed by atoms with Gasteiger partial charge in [-0.25, -0.2) is 0 Å². The molecule has 0 aliphatic heterocycles. The third-order valence-electron chi connectivity index (χ3n) is 6.98. The summed E-state index contributed by atoms with van der Waals surface area (Å²) in [4.78, 5) is 26.4. The van der Waals surface area contributed by atoms with E-state index in [9.17, 15) is 9.59 Å². The second kappa shape index (κ2) is 7.64. The highest BCUT2D eigenvalue weighted by Crippen LogP contribution is 2.55. The van der Waals surface area contributed by atoms with E-state index in [1.54, 1.807) is 0 Å². The zero-order chi connectivity index (χ0) is 19.8. The van der Waals surface area contributed by atoms with Gasteiger partial charge in [0.25, 0.3) is 5.91 Å². The first-order valence-electron chi connectivity index (χ1n) is 10.7. The molecule has 29 heavy (non-hydrogen) atoms. The lowest BCUT2D eigenvalue weighted by Crippen LogP contribution is -2.59. The number of benzene rings is 2. The van der Waals surface area contributed by atoms with Crippen molar-refractivity contribution in [1.29, 1.82) is 0 Å². The second-order valence-electron chi connectivity index (χ2n) is 9.26. The van der Waals surface area contributed by atoms with E-state index in [1.165, 1.54) is 31.0 Å². The van der Waals surface area contributed by atoms with Crippen LogP contribution in [-0.4, -0.2) is 23.0 Å². The Labute approximate surface area is 176 Å². The van der Waals surface area contributed by atoms with Crippen molar-refractivity contribution in [3.05, 3.63) is 65.7 Å². The maximum atomic E-state index is 13.1. The van der Waals surface area contributed by atoms with Gasteiger partial charge in [-0.05, 0) is 74.5 Å². The highest BCUT2D eigenvalue weighted by atomic mass is 32.2. The maximum absolute atomic E-state index is 13.1. The molecule has 0 unspecified atom stereocenters. The van der Waals surface area contributed by atoms with Gasteiger partial charge in [0, 0.05) is 21.6 Å². The lowest BCUT2D eigenvalue weighted by atomic mass is 9.53. The number of carbonyl (C=O) groups excluding carboxylic acids is 2. The zero-order valence-corrected chi connectivity index (χ0v) is 17.4. The Morgan fingerprint density at radius 3 is 2.14 bits per heavy atom. The first kappa shape index (κ1) is 18.9. The number of carbonyl (C=O) groups is 2. The fourth-order valence-corrected chi connectivity index (χ4v) is 7.01. The lowest BCUT2D eigenvalue weighted by Gasteiger charge is -2.56. The minimum absolute atomic E-state index is 0.0260. The molecule has 6 rings (SSSR count). The van der Waals surface area contributed by atoms with Gasteiger partial charge in [-0.2, -0.15) is 0 Å². The highest BCUT2D eigenvalue weighted by molar-refractivity contribution is 8.00. The van der Waals surface area contributed by atoms with Gasteiger partial charge in [0.1, 0.15) is 0 Å². The number of rotatable bonds is 6. The summed E-state index contributed by atoms with van der Waals surface area (Å²) in [6.45, 7) is 0. The van der Waals surface area contributed by atoms with Crippen LogP contribution < -0.4 is 5.32 Å². The molecule has 0 saturated heterocycles. The second-order valence-corrected chi connectivity index (χ2v) is 10.3. The number of nitrogens with one attached hydrogen (secondary N) is 1. The maximum Gasteiger partial charge on any atom is 0.251 e. The first-order chi connectivity index (χ1) is 14.1. The fraction of sp³-hybridized carbons (Fsp3) is 0.440. The minimum Gasteiger partial charge on any atom is -0.347 e. The Morgan fingerprint density at radius 1 is 0.862 bits per heavy atom. The van der Waals surface area contributed by atoms with E-state index in [4.69, 9.17) is 0 Å². The summed E-state index contributed by atoms with van der Waals surface area (Å²) in [6.07, 6.45) is 7.59. The number of hydrogen-bond donors (Lipinski definition) is 1. The van der Waals surface area contributed by atoms with Crippen molar-refractivity contribution in [2.75, 3.05) is 5.75 Å². The van der Waals surface area contributed by atoms with Gasteiger partial charge in [0.2, 0.25) is 0 Å². The van der Waals surface area contributed by atoms with E-state index in [-0.39, 0.29) is 17.2 Å². The van der Waals surface area contributed by atoms with E-state index in [0.29, 0.717) is 11.3 Å². The summed E-state index contributed by atoms with van der Waals surface area (Å²) in [5, 5.41) is 3.44. The molecule has 1 amide bonds. The predicted octanol–water partition coefficient (Wildman–Crippen LogP) is 5.36. The number of thioether (sulfide) groups is 1. The van der Waals surface area contributed by atoms with Crippen molar-refractivity contribution in [3.63, 3.8) is 0 Å². The molecule has 4 heteroatoms. The summed E-state index contributed by atoms with van der Waals surface area (Å²) >= 11 is 1.50. The summed E-state index contributed by atoms with van der Waals surface area (Å²) in [5.74, 6) is 2.97. The van der Waals surface area contributed by atoms with Crippen LogP contribution in [0.1, 0.15) is 59.2 Å². The zero-order valence-electron chi connectivity index (χ0n) is 16.6. The van der Waals surface area contributed by atoms with E-state index >= 15 is 0 Å². The summed E-state index contributed by atoms with van der Waals surface area (Å²) in [6, 6.07) is 17.1. The van der Waals surface area contributed by atoms with Crippen LogP contribution in [-0.2, 0) is 0 Å². The summed E-state index contributed by atoms with van der Waals surface area (Å²) < 4.78 is 0. The van der Waals surface area contributed by atoms with Crippen LogP contribution in [0, 0.1) is 17.8 Å². The highest BCUT2D eigenvalue weighted by Gasteiger charge is 2.51. The topological polar surface area (TPSA) is 46.2 Å². The molecule has 0 spiro atoms. The van der Waals surface area contributed by atoms with Gasteiger partial charge in [0.05, 0.1) is 5.75 Å². The molecule has 1 N–H and O–H groups in total. The molecular weight excluding hydrogens is 378 g/mol. The molecule has 0 radical (unpaired) electrons. The van der Waals surface area contributed by atoms with Gasteiger partial charge in [0.15, 0.2) is 5.78 Å². The van der Waals surface area contributed by atoms with Crippen LogP contribution in [0.4, 0.5) is 0 Å². The molecule has 150 valence electrons. The summed E-state index contributed by atoms with van der Waals surface area (Å²) in [7, 11) is 0. The Morgan fingerprint density at radius 2 is 1.48 bits per heavy atom. The third kappa shape index (κ3) is 4.00. The molecule has 4 fully saturated rings. The monoisotopic (exact) mass is 405 g/mol. The molecule has 2 aromatic rings. The molecule has 2 aromatic carbocycles. The molecule has 3 nitrogen and oxygen atoms in total. The average Bonchev–Trinajstić information content (AvgIpc) is 2.71. The van der Waals surface area contributed by atoms with Gasteiger partial charge < -0.3 is 5.32 Å². The molecule has 0 atom stereocenters. The Bertz CT molecular complexity index is 888. The molecule has 4 aliphatic carbocycles. The average molecular weight is 406 g/mol. The summed E-state index contributed by atoms with van der Waals surface area (Å²) in [5.41, 5.74) is 1.46. The molecule has 4 aliphatic rings. The predicted molar refractivity (Wildman–Crippen MR) is 116 cm³/mol. The van der Waals surface area contributed by atoms with Crippen LogP contribution in [0.2, 0.25) is 0 Å². The van der Waals surface area contributed by atoms with Crippen molar-refractivity contribution in [1.82, 2.24) is 5.32 Å². The minimum atomic E-state index is 0.0260. The van der Waals surface area contributed by atoms with E-state index in [1.807, 2.05) is 54.6 Å². The largest absolute Gasteiger partial charge is 0.347 e. The van der Waals surface area contributed by atoms with Crippen molar-refractivity contribution in [2.24, 2.45) is 17.8 Å². The van der Waals surface area contributed by atoms with Crippen LogP contribution in [0.15, 0.2) is 59.5 Å². The molecule has 0 heterocycles. The van der Waals surface area contributed by atoms with Crippen molar-refractivity contribution in [3.8, 4) is 0 Å². The normalized spacial score (nSPS) is 29.6. The van der Waals surface area contributed by atoms with Gasteiger partial charge in [-0.3, -0.25) is 9.59 Å².